The highest BCUT2D eigenvalue weighted by Gasteiger charge is 2.15. The lowest BCUT2D eigenvalue weighted by Crippen LogP contribution is -2.29. The van der Waals surface area contributed by atoms with Crippen molar-refractivity contribution in [2.45, 2.75) is 19.4 Å². The van der Waals surface area contributed by atoms with Gasteiger partial charge in [0.25, 0.3) is 0 Å². The first-order valence-corrected chi connectivity index (χ1v) is 3.48. The van der Waals surface area contributed by atoms with Gasteiger partial charge in [0.2, 0.25) is 0 Å². The molecular weight excluding hydrogens is 132 g/mol. The van der Waals surface area contributed by atoms with E-state index in [1.807, 2.05) is 0 Å². The highest BCUT2D eigenvalue weighted by Crippen LogP contribution is 2.04. The Morgan fingerprint density at radius 3 is 2.90 bits per heavy atom. The van der Waals surface area contributed by atoms with Crippen LogP contribution in [0.3, 0.4) is 0 Å². The highest BCUT2D eigenvalue weighted by atomic mass is 16.6. The van der Waals surface area contributed by atoms with Crippen molar-refractivity contribution < 1.29 is 14.3 Å². The van der Waals surface area contributed by atoms with Crippen LogP contribution in [0.1, 0.15) is 13.3 Å². The lowest BCUT2D eigenvalue weighted by Gasteiger charge is -2.21. The minimum atomic E-state index is 0.00579. The van der Waals surface area contributed by atoms with Crippen molar-refractivity contribution in [1.29, 1.82) is 0 Å². The summed E-state index contributed by atoms with van der Waals surface area (Å²) in [5.74, 6) is 0.163. The molecule has 0 spiro atoms. The molecule has 1 saturated heterocycles. The molecule has 58 valence electrons. The quantitative estimate of drug-likeness (QED) is 0.562. The van der Waals surface area contributed by atoms with Crippen LogP contribution >= 0.6 is 0 Å². The third-order valence-electron chi connectivity index (χ3n) is 1.40. The molecule has 1 aliphatic rings. The fourth-order valence-electron chi connectivity index (χ4n) is 0.975. The van der Waals surface area contributed by atoms with E-state index in [9.17, 15) is 4.79 Å². The number of ketones is 1. The lowest BCUT2D eigenvalue weighted by atomic mass is 10.2. The zero-order valence-corrected chi connectivity index (χ0v) is 6.13. The molecule has 3 nitrogen and oxygen atoms in total. The average Bonchev–Trinajstić information content (AvgIpc) is 1.88. The van der Waals surface area contributed by atoms with Crippen molar-refractivity contribution in [3.05, 3.63) is 0 Å². The van der Waals surface area contributed by atoms with Crippen molar-refractivity contribution in [1.82, 2.24) is 0 Å². The van der Waals surface area contributed by atoms with Crippen LogP contribution < -0.4 is 0 Å². The maximum atomic E-state index is 10.6. The smallest absolute Gasteiger partial charge is 0.132 e. The standard InChI is InChI=1S/C7H12O3/c1-6(8)4-7-5-9-2-3-10-7/h7H,2-5H2,1H3/t7-/m0/s1. The predicted molar refractivity (Wildman–Crippen MR) is 35.9 cm³/mol. The molecule has 0 aromatic carbocycles. The van der Waals surface area contributed by atoms with E-state index in [-0.39, 0.29) is 11.9 Å². The molecule has 1 atom stereocenters. The van der Waals surface area contributed by atoms with E-state index in [2.05, 4.69) is 0 Å². The van der Waals surface area contributed by atoms with Crippen molar-refractivity contribution in [3.8, 4) is 0 Å². The zero-order chi connectivity index (χ0) is 7.40. The van der Waals surface area contributed by atoms with E-state index in [0.717, 1.165) is 0 Å². The number of carbonyl (C=O) groups is 1. The molecule has 0 radical (unpaired) electrons. The third-order valence-corrected chi connectivity index (χ3v) is 1.40. The maximum absolute atomic E-state index is 10.6. The summed E-state index contributed by atoms with van der Waals surface area (Å²) >= 11 is 0. The second-order valence-electron chi connectivity index (χ2n) is 2.47. The second kappa shape index (κ2) is 3.68. The topological polar surface area (TPSA) is 35.5 Å². The Balaban J connectivity index is 2.19. The van der Waals surface area contributed by atoms with E-state index < -0.39 is 0 Å². The fraction of sp³-hybridized carbons (Fsp3) is 0.857. The van der Waals surface area contributed by atoms with Gasteiger partial charge in [-0.2, -0.15) is 0 Å². The molecule has 1 heterocycles. The van der Waals surface area contributed by atoms with Crippen molar-refractivity contribution in [2.75, 3.05) is 19.8 Å². The molecule has 1 aliphatic heterocycles. The summed E-state index contributed by atoms with van der Waals surface area (Å²) in [6.07, 6.45) is 0.492. The van der Waals surface area contributed by atoms with E-state index >= 15 is 0 Å². The summed E-state index contributed by atoms with van der Waals surface area (Å²) in [7, 11) is 0. The SMILES string of the molecule is CC(=O)C[C@H]1COCCO1. The van der Waals surface area contributed by atoms with Gasteiger partial charge in [-0.15, -0.1) is 0 Å². The Kier molecular flexibility index (Phi) is 2.83. The molecule has 0 aliphatic carbocycles. The van der Waals surface area contributed by atoms with E-state index in [4.69, 9.17) is 9.47 Å². The molecular formula is C7H12O3. The normalized spacial score (nSPS) is 26.3. The van der Waals surface area contributed by atoms with Crippen LogP contribution in [0.15, 0.2) is 0 Å². The molecule has 0 aromatic rings. The molecule has 0 aromatic heterocycles. The van der Waals surface area contributed by atoms with Crippen LogP contribution in [0.25, 0.3) is 0 Å². The lowest BCUT2D eigenvalue weighted by molar-refractivity contribution is -0.127. The summed E-state index contributed by atoms with van der Waals surface area (Å²) in [6, 6.07) is 0. The molecule has 1 fully saturated rings. The number of hydrogen-bond donors (Lipinski definition) is 0. The van der Waals surface area contributed by atoms with Gasteiger partial charge in [-0.3, -0.25) is 4.79 Å². The van der Waals surface area contributed by atoms with Gasteiger partial charge in [-0.1, -0.05) is 0 Å². The highest BCUT2D eigenvalue weighted by molar-refractivity contribution is 5.75. The molecule has 0 amide bonds. The second-order valence-corrected chi connectivity index (χ2v) is 2.47. The van der Waals surface area contributed by atoms with Crippen molar-refractivity contribution in [2.24, 2.45) is 0 Å². The molecule has 0 N–H and O–H groups in total. The Morgan fingerprint density at radius 2 is 2.40 bits per heavy atom. The van der Waals surface area contributed by atoms with Gasteiger partial charge < -0.3 is 9.47 Å². The number of ether oxygens (including phenoxy) is 2. The first kappa shape index (κ1) is 7.69. The third kappa shape index (κ3) is 2.45. The molecule has 3 heteroatoms. The maximum Gasteiger partial charge on any atom is 0.132 e. The minimum Gasteiger partial charge on any atom is -0.376 e. The molecule has 10 heavy (non-hydrogen) atoms. The van der Waals surface area contributed by atoms with Crippen LogP contribution in [0.2, 0.25) is 0 Å². The van der Waals surface area contributed by atoms with Gasteiger partial charge in [0.15, 0.2) is 0 Å². The summed E-state index contributed by atoms with van der Waals surface area (Å²) < 4.78 is 10.3. The Bertz CT molecular complexity index is 116. The number of carbonyl (C=O) groups excluding carboxylic acids is 1. The fourth-order valence-corrected chi connectivity index (χ4v) is 0.975. The van der Waals surface area contributed by atoms with Crippen LogP contribution in [0, 0.1) is 0 Å². The summed E-state index contributed by atoms with van der Waals surface area (Å²) in [5, 5.41) is 0. The monoisotopic (exact) mass is 144 g/mol. The van der Waals surface area contributed by atoms with Crippen LogP contribution in [0.5, 0.6) is 0 Å². The Morgan fingerprint density at radius 1 is 1.60 bits per heavy atom. The zero-order valence-electron chi connectivity index (χ0n) is 6.13. The first-order valence-electron chi connectivity index (χ1n) is 3.48. The van der Waals surface area contributed by atoms with Gasteiger partial charge in [0, 0.05) is 6.42 Å². The summed E-state index contributed by atoms with van der Waals surface area (Å²) in [5.41, 5.74) is 0. The largest absolute Gasteiger partial charge is 0.376 e. The molecule has 1 rings (SSSR count). The average molecular weight is 144 g/mol. The molecule has 0 unspecified atom stereocenters. The van der Waals surface area contributed by atoms with Gasteiger partial charge in [-0.25, -0.2) is 0 Å². The minimum absolute atomic E-state index is 0.00579. The molecule has 0 saturated carbocycles. The first-order chi connectivity index (χ1) is 4.79. The van der Waals surface area contributed by atoms with Gasteiger partial charge in [0.1, 0.15) is 5.78 Å². The summed E-state index contributed by atoms with van der Waals surface area (Å²) in [6.45, 7) is 3.42. The number of rotatable bonds is 2. The van der Waals surface area contributed by atoms with Crippen LogP contribution in [-0.4, -0.2) is 31.7 Å². The molecule has 0 bridgehead atoms. The van der Waals surface area contributed by atoms with Gasteiger partial charge in [-0.05, 0) is 6.92 Å². The van der Waals surface area contributed by atoms with E-state index in [1.54, 1.807) is 6.92 Å². The van der Waals surface area contributed by atoms with E-state index in [1.165, 1.54) is 0 Å². The van der Waals surface area contributed by atoms with Crippen LogP contribution in [-0.2, 0) is 14.3 Å². The van der Waals surface area contributed by atoms with Gasteiger partial charge >= 0.3 is 0 Å². The van der Waals surface area contributed by atoms with Crippen molar-refractivity contribution >= 4 is 5.78 Å². The Hall–Kier alpha value is -0.410. The van der Waals surface area contributed by atoms with Gasteiger partial charge in [0.05, 0.1) is 25.9 Å². The van der Waals surface area contributed by atoms with E-state index in [0.29, 0.717) is 26.2 Å². The Labute approximate surface area is 60.3 Å². The number of Topliss-reactive ketones (excluding diaryl/α,β-unsaturated/α-hetero) is 1. The number of hydrogen-bond acceptors (Lipinski definition) is 3. The van der Waals surface area contributed by atoms with Crippen molar-refractivity contribution in [3.63, 3.8) is 0 Å². The summed E-state index contributed by atoms with van der Waals surface area (Å²) in [4.78, 5) is 10.6. The van der Waals surface area contributed by atoms with Crippen LogP contribution in [0.4, 0.5) is 0 Å². The predicted octanol–water partition coefficient (Wildman–Crippen LogP) is 0.381.